The Kier molecular flexibility index (Phi) is 10.9. The van der Waals surface area contributed by atoms with Crippen molar-refractivity contribution in [1.82, 2.24) is 10.6 Å². The predicted molar refractivity (Wildman–Crippen MR) is 112 cm³/mol. The van der Waals surface area contributed by atoms with E-state index in [1.165, 1.54) is 0 Å². The quantitative estimate of drug-likeness (QED) is 0.426. The standard InChI is InChI=1S/C21H38N2O7/c1-10-28-18(26)15(11-13(2)3)22-17(25)14(12-16(24)29-20(4,5)6)23-19(27)30-21(7,8)9/h13-15H,10-12H2,1-9H3,(H,22,25)(H,23,27)/t14-,15-/m0/s1. The lowest BCUT2D eigenvalue weighted by atomic mass is 10.0. The van der Waals surface area contributed by atoms with Crippen LogP contribution < -0.4 is 10.6 Å². The third kappa shape index (κ3) is 13.0. The topological polar surface area (TPSA) is 120 Å². The number of carbonyl (C=O) groups is 4. The number of esters is 2. The molecule has 2 atom stereocenters. The number of hydrogen-bond donors (Lipinski definition) is 2. The Hall–Kier alpha value is -2.32. The van der Waals surface area contributed by atoms with Crippen LogP contribution >= 0.6 is 0 Å². The first kappa shape index (κ1) is 27.7. The molecule has 0 heterocycles. The van der Waals surface area contributed by atoms with Crippen molar-refractivity contribution in [1.29, 1.82) is 0 Å². The fourth-order valence-corrected chi connectivity index (χ4v) is 2.41. The van der Waals surface area contributed by atoms with Gasteiger partial charge in [0, 0.05) is 0 Å². The average Bonchev–Trinajstić information content (AvgIpc) is 2.49. The molecule has 0 aliphatic rings. The molecule has 0 saturated heterocycles. The zero-order valence-corrected chi connectivity index (χ0v) is 19.7. The molecule has 0 aliphatic carbocycles. The van der Waals surface area contributed by atoms with E-state index >= 15 is 0 Å². The fourth-order valence-electron chi connectivity index (χ4n) is 2.41. The summed E-state index contributed by atoms with van der Waals surface area (Å²) in [7, 11) is 0. The zero-order chi connectivity index (χ0) is 23.7. The minimum absolute atomic E-state index is 0.0998. The largest absolute Gasteiger partial charge is 0.464 e. The van der Waals surface area contributed by atoms with Crippen molar-refractivity contribution < 1.29 is 33.4 Å². The summed E-state index contributed by atoms with van der Waals surface area (Å²) in [6, 6.07) is -2.18. The maximum Gasteiger partial charge on any atom is 0.408 e. The number of ether oxygens (including phenoxy) is 3. The van der Waals surface area contributed by atoms with Gasteiger partial charge in [0.2, 0.25) is 5.91 Å². The van der Waals surface area contributed by atoms with Crippen LogP contribution in [0.25, 0.3) is 0 Å². The lowest BCUT2D eigenvalue weighted by Gasteiger charge is -2.26. The van der Waals surface area contributed by atoms with Crippen LogP contribution in [0, 0.1) is 5.92 Å². The van der Waals surface area contributed by atoms with E-state index in [0.29, 0.717) is 6.42 Å². The van der Waals surface area contributed by atoms with Crippen molar-refractivity contribution in [3.05, 3.63) is 0 Å². The Bertz CT molecular complexity index is 573. The highest BCUT2D eigenvalue weighted by molar-refractivity contribution is 5.92. The van der Waals surface area contributed by atoms with Gasteiger partial charge in [0.15, 0.2) is 0 Å². The van der Waals surface area contributed by atoms with E-state index in [2.05, 4.69) is 10.6 Å². The number of nitrogens with one attached hydrogen (secondary N) is 2. The normalized spacial score (nSPS) is 13.8. The maximum absolute atomic E-state index is 12.8. The highest BCUT2D eigenvalue weighted by atomic mass is 16.6. The molecule has 0 aromatic heterocycles. The van der Waals surface area contributed by atoms with Gasteiger partial charge in [0.05, 0.1) is 13.0 Å². The summed E-state index contributed by atoms with van der Waals surface area (Å²) in [5.41, 5.74) is -1.54. The molecule has 0 bridgehead atoms. The molecule has 0 unspecified atom stereocenters. The molecule has 2 amide bonds. The number of rotatable bonds is 9. The molecule has 0 rings (SSSR count). The lowest BCUT2D eigenvalue weighted by Crippen LogP contribution is -2.53. The second kappa shape index (κ2) is 11.8. The van der Waals surface area contributed by atoms with Crippen molar-refractivity contribution in [3.63, 3.8) is 0 Å². The van der Waals surface area contributed by atoms with Gasteiger partial charge in [-0.25, -0.2) is 9.59 Å². The zero-order valence-electron chi connectivity index (χ0n) is 19.7. The SMILES string of the molecule is CCOC(=O)[C@H](CC(C)C)NC(=O)[C@H](CC(=O)OC(C)(C)C)NC(=O)OC(C)(C)C. The number of amides is 2. The van der Waals surface area contributed by atoms with Crippen molar-refractivity contribution in [2.45, 2.75) is 98.4 Å². The van der Waals surface area contributed by atoms with E-state index in [9.17, 15) is 19.2 Å². The molecule has 0 fully saturated rings. The van der Waals surface area contributed by atoms with Gasteiger partial charge in [-0.1, -0.05) is 13.8 Å². The molecule has 0 aromatic carbocycles. The summed E-state index contributed by atoms with van der Waals surface area (Å²) in [5.74, 6) is -1.85. The summed E-state index contributed by atoms with van der Waals surface area (Å²) in [5, 5.41) is 4.97. The monoisotopic (exact) mass is 430 g/mol. The van der Waals surface area contributed by atoms with Crippen molar-refractivity contribution in [2.24, 2.45) is 5.92 Å². The first-order chi connectivity index (χ1) is 13.5. The molecule has 9 nitrogen and oxygen atoms in total. The Balaban J connectivity index is 5.46. The van der Waals surface area contributed by atoms with Crippen LogP contribution in [0.5, 0.6) is 0 Å². The smallest absolute Gasteiger partial charge is 0.408 e. The van der Waals surface area contributed by atoms with Crippen LogP contribution in [0.3, 0.4) is 0 Å². The van der Waals surface area contributed by atoms with Gasteiger partial charge in [0.1, 0.15) is 23.3 Å². The summed E-state index contributed by atoms with van der Waals surface area (Å²) in [6.07, 6.45) is -0.932. The van der Waals surface area contributed by atoms with Gasteiger partial charge < -0.3 is 24.8 Å². The minimum atomic E-state index is -1.28. The van der Waals surface area contributed by atoms with Crippen LogP contribution in [0.1, 0.15) is 75.2 Å². The van der Waals surface area contributed by atoms with E-state index in [4.69, 9.17) is 14.2 Å². The summed E-state index contributed by atoms with van der Waals surface area (Å²) in [4.78, 5) is 49.5. The summed E-state index contributed by atoms with van der Waals surface area (Å²) >= 11 is 0. The summed E-state index contributed by atoms with van der Waals surface area (Å²) in [6.45, 7) is 15.7. The molecule has 2 N–H and O–H groups in total. The third-order valence-electron chi connectivity index (χ3n) is 3.39. The van der Waals surface area contributed by atoms with Crippen LogP contribution in [-0.2, 0) is 28.6 Å². The second-order valence-corrected chi connectivity index (χ2v) is 9.43. The van der Waals surface area contributed by atoms with E-state index in [1.807, 2.05) is 13.8 Å². The van der Waals surface area contributed by atoms with E-state index in [-0.39, 0.29) is 12.5 Å². The van der Waals surface area contributed by atoms with Gasteiger partial charge in [-0.3, -0.25) is 9.59 Å². The third-order valence-corrected chi connectivity index (χ3v) is 3.39. The van der Waals surface area contributed by atoms with Crippen molar-refractivity contribution in [2.75, 3.05) is 6.61 Å². The Morgan fingerprint density at radius 1 is 0.833 bits per heavy atom. The first-order valence-corrected chi connectivity index (χ1v) is 10.2. The Labute approximate surface area is 179 Å². The summed E-state index contributed by atoms with van der Waals surface area (Å²) < 4.78 is 15.5. The highest BCUT2D eigenvalue weighted by Gasteiger charge is 2.32. The molecule has 30 heavy (non-hydrogen) atoms. The fraction of sp³-hybridized carbons (Fsp3) is 0.810. The molecule has 174 valence electrons. The maximum atomic E-state index is 12.8. The van der Waals surface area contributed by atoms with Crippen LogP contribution in [0.2, 0.25) is 0 Å². The van der Waals surface area contributed by atoms with E-state index in [1.54, 1.807) is 48.5 Å². The average molecular weight is 431 g/mol. The van der Waals surface area contributed by atoms with E-state index in [0.717, 1.165) is 0 Å². The van der Waals surface area contributed by atoms with Gasteiger partial charge in [-0.05, 0) is 60.8 Å². The first-order valence-electron chi connectivity index (χ1n) is 10.2. The number of hydrogen-bond acceptors (Lipinski definition) is 7. The molecule has 0 radical (unpaired) electrons. The van der Waals surface area contributed by atoms with Crippen LogP contribution in [0.4, 0.5) is 4.79 Å². The molecule has 0 aliphatic heterocycles. The Morgan fingerprint density at radius 3 is 1.80 bits per heavy atom. The molecule has 9 heteroatoms. The molecular formula is C21H38N2O7. The minimum Gasteiger partial charge on any atom is -0.464 e. The van der Waals surface area contributed by atoms with Crippen molar-refractivity contribution in [3.8, 4) is 0 Å². The Morgan fingerprint density at radius 2 is 1.37 bits per heavy atom. The number of alkyl carbamates (subject to hydrolysis) is 1. The van der Waals surface area contributed by atoms with Crippen LogP contribution in [0.15, 0.2) is 0 Å². The number of carbonyl (C=O) groups excluding carboxylic acids is 4. The van der Waals surface area contributed by atoms with Gasteiger partial charge in [-0.15, -0.1) is 0 Å². The van der Waals surface area contributed by atoms with Crippen LogP contribution in [-0.4, -0.2) is 53.8 Å². The van der Waals surface area contributed by atoms with Gasteiger partial charge in [0.25, 0.3) is 0 Å². The van der Waals surface area contributed by atoms with Gasteiger partial charge in [-0.2, -0.15) is 0 Å². The molecule has 0 spiro atoms. The lowest BCUT2D eigenvalue weighted by molar-refractivity contribution is -0.156. The predicted octanol–water partition coefficient (Wildman–Crippen LogP) is 2.71. The van der Waals surface area contributed by atoms with Crippen molar-refractivity contribution >= 4 is 23.9 Å². The molecule has 0 aromatic rings. The molecular weight excluding hydrogens is 392 g/mol. The second-order valence-electron chi connectivity index (χ2n) is 9.43. The highest BCUT2D eigenvalue weighted by Crippen LogP contribution is 2.12. The van der Waals surface area contributed by atoms with E-state index < -0.39 is 53.6 Å². The molecule has 0 saturated carbocycles. The van der Waals surface area contributed by atoms with Gasteiger partial charge >= 0.3 is 18.0 Å².